The van der Waals surface area contributed by atoms with Crippen LogP contribution in [0, 0.1) is 0 Å². The fourth-order valence-electron chi connectivity index (χ4n) is 0. The zero-order valence-electron chi connectivity index (χ0n) is 4.87. The standard InChI is InChI=1S/3ClH.Cr.4H3N.H2O/h3*1H;;4*1H3;1H2/q;;;+3;;;;;/p-3. The minimum absolute atomic E-state index is 0. The molecule has 0 heterocycles. The molecule has 0 aliphatic rings. The quantitative estimate of drug-likeness (QED) is 0.331. The molecule has 9 heavy (non-hydrogen) atoms. The molecule has 0 aromatic heterocycles. The Kier molecular flexibility index (Phi) is 28400. The summed E-state index contributed by atoms with van der Waals surface area (Å²) in [6.07, 6.45) is 0. The second-order valence-electron chi connectivity index (χ2n) is 0. The fraction of sp³-hybridized carbons (Fsp3) is 0. The molecule has 0 saturated heterocycles. The first-order valence-corrected chi connectivity index (χ1v) is 0. The summed E-state index contributed by atoms with van der Waals surface area (Å²) in [5.41, 5.74) is 0. The van der Waals surface area contributed by atoms with E-state index in [0.29, 0.717) is 0 Å². The van der Waals surface area contributed by atoms with Crippen molar-refractivity contribution in [1.82, 2.24) is 24.6 Å². The molecule has 0 aliphatic carbocycles. The van der Waals surface area contributed by atoms with Crippen LogP contribution in [0.15, 0.2) is 0 Å². The molecular weight excluding hydrogens is 230 g/mol. The summed E-state index contributed by atoms with van der Waals surface area (Å²) in [7, 11) is 0. The summed E-state index contributed by atoms with van der Waals surface area (Å²) in [5.74, 6) is 0. The van der Waals surface area contributed by atoms with Gasteiger partial charge in [0.05, 0.1) is 0 Å². The van der Waals surface area contributed by atoms with Gasteiger partial charge in [-0.15, -0.1) is 0 Å². The zero-order valence-corrected chi connectivity index (χ0v) is 8.41. The van der Waals surface area contributed by atoms with E-state index >= 15 is 0 Å². The van der Waals surface area contributed by atoms with Gasteiger partial charge in [0.1, 0.15) is 0 Å². The largest absolute Gasteiger partial charge is 3.00 e. The first-order chi connectivity index (χ1) is 0. The van der Waals surface area contributed by atoms with E-state index in [1.807, 2.05) is 0 Å². The minimum atomic E-state index is 0. The van der Waals surface area contributed by atoms with Crippen molar-refractivity contribution in [3.63, 3.8) is 0 Å². The van der Waals surface area contributed by atoms with Crippen LogP contribution in [0.25, 0.3) is 0 Å². The van der Waals surface area contributed by atoms with Crippen molar-refractivity contribution >= 4 is 0 Å². The van der Waals surface area contributed by atoms with E-state index in [0.717, 1.165) is 0 Å². The molecule has 0 unspecified atom stereocenters. The molecule has 0 atom stereocenters. The van der Waals surface area contributed by atoms with E-state index in [-0.39, 0.29) is 84.7 Å². The molecule has 5 nitrogen and oxygen atoms in total. The van der Waals surface area contributed by atoms with Crippen LogP contribution in [-0.2, 0) is 17.4 Å². The number of rotatable bonds is 0. The molecule has 0 fully saturated rings. The molecule has 14 N–H and O–H groups in total. The van der Waals surface area contributed by atoms with Gasteiger partial charge in [0.15, 0.2) is 0 Å². The third-order valence-corrected chi connectivity index (χ3v) is 0. The van der Waals surface area contributed by atoms with Gasteiger partial charge in [0, 0.05) is 0 Å². The molecule has 67 valence electrons. The van der Waals surface area contributed by atoms with Gasteiger partial charge in [-0.25, -0.2) is 0 Å². The Balaban J connectivity index is 0. The van der Waals surface area contributed by atoms with Crippen LogP contribution in [0.1, 0.15) is 0 Å². The molecule has 0 saturated carbocycles. The molecule has 0 amide bonds. The van der Waals surface area contributed by atoms with Crippen LogP contribution in [0.3, 0.4) is 0 Å². The van der Waals surface area contributed by atoms with Crippen molar-refractivity contribution in [2.24, 2.45) is 0 Å². The minimum Gasteiger partial charge on any atom is -1.00 e. The van der Waals surface area contributed by atoms with Crippen LogP contribution in [0.5, 0.6) is 0 Å². The van der Waals surface area contributed by atoms with Crippen molar-refractivity contribution in [1.29, 1.82) is 0 Å². The van der Waals surface area contributed by atoms with Crippen LogP contribution < -0.4 is 61.8 Å². The number of halogens is 3. The maximum atomic E-state index is 0. The average Bonchev–Trinajstić information content (AvgIpc) is 0. The van der Waals surface area contributed by atoms with Crippen LogP contribution in [-0.4, -0.2) is 5.48 Å². The van der Waals surface area contributed by atoms with E-state index in [4.69, 9.17) is 0 Å². The van der Waals surface area contributed by atoms with Crippen LogP contribution in [0.2, 0.25) is 0 Å². The van der Waals surface area contributed by atoms with Gasteiger partial charge in [-0.05, 0) is 0 Å². The van der Waals surface area contributed by atoms with Gasteiger partial charge in [-0.3, -0.25) is 0 Å². The van der Waals surface area contributed by atoms with E-state index in [2.05, 4.69) is 0 Å². The summed E-state index contributed by atoms with van der Waals surface area (Å²) in [4.78, 5) is 0. The predicted octanol–water partition coefficient (Wildman–Crippen LogP) is -9.17. The Morgan fingerprint density at radius 3 is 0.444 bits per heavy atom. The summed E-state index contributed by atoms with van der Waals surface area (Å²) in [6, 6.07) is 0. The van der Waals surface area contributed by atoms with Gasteiger partial charge in [0.2, 0.25) is 0 Å². The molecule has 0 bridgehead atoms. The molecule has 0 aliphatic heterocycles. The monoisotopic (exact) mass is 243 g/mol. The molecule has 9 heteroatoms. The van der Waals surface area contributed by atoms with E-state index < -0.39 is 0 Å². The molecular formula is H14Cl3CrN4O. The molecule has 0 spiro atoms. The summed E-state index contributed by atoms with van der Waals surface area (Å²) in [6.45, 7) is 0. The van der Waals surface area contributed by atoms with Crippen molar-refractivity contribution < 1.29 is 60.1 Å². The van der Waals surface area contributed by atoms with Gasteiger partial charge in [-0.2, -0.15) is 0 Å². The van der Waals surface area contributed by atoms with Gasteiger partial charge >= 0.3 is 17.4 Å². The normalized spacial score (nSPS) is 0. The zero-order chi connectivity index (χ0) is 0. The average molecular weight is 244 g/mol. The Labute approximate surface area is 84.7 Å². The first-order valence-electron chi connectivity index (χ1n) is 0. The molecule has 0 aromatic carbocycles. The molecule has 1 radical (unpaired) electrons. The van der Waals surface area contributed by atoms with Crippen LogP contribution in [0.4, 0.5) is 0 Å². The Hall–Kier alpha value is 1.20. The van der Waals surface area contributed by atoms with Crippen molar-refractivity contribution in [3.05, 3.63) is 0 Å². The fourth-order valence-corrected chi connectivity index (χ4v) is 0. The van der Waals surface area contributed by atoms with Crippen LogP contribution >= 0.6 is 0 Å². The van der Waals surface area contributed by atoms with Gasteiger partial charge < -0.3 is 67.3 Å². The second-order valence-corrected chi connectivity index (χ2v) is 0. The van der Waals surface area contributed by atoms with Crippen molar-refractivity contribution in [2.45, 2.75) is 0 Å². The smallest absolute Gasteiger partial charge is 1.00 e. The van der Waals surface area contributed by atoms with Crippen molar-refractivity contribution in [3.8, 4) is 0 Å². The third-order valence-electron chi connectivity index (χ3n) is 0. The molecule has 0 rings (SSSR count). The van der Waals surface area contributed by atoms with Gasteiger partial charge in [0.25, 0.3) is 0 Å². The Bertz CT molecular complexity index is 15.8. The van der Waals surface area contributed by atoms with E-state index in [9.17, 15) is 0 Å². The number of hydrogen-bond acceptors (Lipinski definition) is 4. The van der Waals surface area contributed by atoms with E-state index in [1.165, 1.54) is 0 Å². The Morgan fingerprint density at radius 1 is 0.444 bits per heavy atom. The van der Waals surface area contributed by atoms with Crippen molar-refractivity contribution in [2.75, 3.05) is 0 Å². The third kappa shape index (κ3) is 330. The molecule has 0 aromatic rings. The topological polar surface area (TPSA) is 172 Å². The summed E-state index contributed by atoms with van der Waals surface area (Å²) >= 11 is 0. The second kappa shape index (κ2) is 428. The maximum absolute atomic E-state index is 0. The van der Waals surface area contributed by atoms with Gasteiger partial charge in [-0.1, -0.05) is 0 Å². The summed E-state index contributed by atoms with van der Waals surface area (Å²) < 4.78 is 0. The Morgan fingerprint density at radius 2 is 0.444 bits per heavy atom. The first kappa shape index (κ1) is 598. The van der Waals surface area contributed by atoms with E-state index in [1.54, 1.807) is 0 Å². The predicted molar refractivity (Wildman–Crippen MR) is 23.7 cm³/mol. The number of hydrogen-bond donors (Lipinski definition) is 4. The maximum Gasteiger partial charge on any atom is 3.00 e. The summed E-state index contributed by atoms with van der Waals surface area (Å²) in [5, 5.41) is 0. The SMILES string of the molecule is N.N.N.N.O.[Cl-].[Cl-].[Cl-].[Cr+3].